The SMILES string of the molecule is COc1ccccc1N1C(=S)N[C@H]2c3cccc(OC)c3O[C@]1(C)[C@@H]2C(=O)Nc1ccc(Cl)cc1. The van der Waals surface area contributed by atoms with E-state index in [-0.39, 0.29) is 5.91 Å². The Morgan fingerprint density at radius 1 is 1.06 bits per heavy atom. The molecule has 1 fully saturated rings. The van der Waals surface area contributed by atoms with E-state index in [0.29, 0.717) is 38.8 Å². The summed E-state index contributed by atoms with van der Waals surface area (Å²) in [7, 11) is 3.18. The minimum Gasteiger partial charge on any atom is -0.495 e. The quantitative estimate of drug-likeness (QED) is 0.460. The normalized spacial score (nSPS) is 22.4. The van der Waals surface area contributed by atoms with Gasteiger partial charge in [0, 0.05) is 16.3 Å². The topological polar surface area (TPSA) is 72.1 Å². The second-order valence-electron chi connectivity index (χ2n) is 8.44. The summed E-state index contributed by atoms with van der Waals surface area (Å²) in [5.41, 5.74) is 0.889. The average molecular weight is 510 g/mol. The van der Waals surface area contributed by atoms with Crippen molar-refractivity contribution >= 4 is 46.2 Å². The Balaban J connectivity index is 1.66. The molecule has 9 heteroatoms. The molecule has 3 aromatic rings. The minimum atomic E-state index is -1.21. The number of nitrogens with one attached hydrogen (secondary N) is 2. The average Bonchev–Trinajstić information content (AvgIpc) is 2.85. The van der Waals surface area contributed by atoms with Crippen molar-refractivity contribution in [2.24, 2.45) is 5.92 Å². The van der Waals surface area contributed by atoms with Gasteiger partial charge in [-0.15, -0.1) is 0 Å². The molecule has 0 aliphatic carbocycles. The summed E-state index contributed by atoms with van der Waals surface area (Å²) in [4.78, 5) is 15.7. The van der Waals surface area contributed by atoms with Crippen molar-refractivity contribution in [2.45, 2.75) is 18.7 Å². The summed E-state index contributed by atoms with van der Waals surface area (Å²) in [5, 5.41) is 7.42. The van der Waals surface area contributed by atoms with Crippen molar-refractivity contribution < 1.29 is 19.0 Å². The second kappa shape index (κ2) is 8.94. The number of hydrogen-bond donors (Lipinski definition) is 2. The van der Waals surface area contributed by atoms with E-state index < -0.39 is 17.7 Å². The van der Waals surface area contributed by atoms with Crippen LogP contribution in [0.1, 0.15) is 18.5 Å². The number of amides is 1. The fourth-order valence-corrected chi connectivity index (χ4v) is 5.40. The molecule has 2 aliphatic heterocycles. The summed E-state index contributed by atoms with van der Waals surface area (Å²) >= 11 is 11.8. The Morgan fingerprint density at radius 3 is 2.46 bits per heavy atom. The molecular formula is C26H24ClN3O4S. The number of anilines is 2. The van der Waals surface area contributed by atoms with Crippen LogP contribution in [0.5, 0.6) is 17.2 Å². The highest BCUT2D eigenvalue weighted by atomic mass is 35.5. The maximum Gasteiger partial charge on any atom is 0.236 e. The fourth-order valence-electron chi connectivity index (χ4n) is 4.86. The highest BCUT2D eigenvalue weighted by Gasteiger charge is 2.60. The molecule has 3 aromatic carbocycles. The van der Waals surface area contributed by atoms with Crippen LogP contribution >= 0.6 is 23.8 Å². The number of carbonyl (C=O) groups excluding carboxylic acids is 1. The van der Waals surface area contributed by atoms with Crippen molar-refractivity contribution in [1.29, 1.82) is 0 Å². The Labute approximate surface area is 213 Å². The Morgan fingerprint density at radius 2 is 1.74 bits per heavy atom. The first-order valence-corrected chi connectivity index (χ1v) is 11.8. The van der Waals surface area contributed by atoms with Crippen LogP contribution in [-0.2, 0) is 4.79 Å². The molecule has 5 rings (SSSR count). The molecule has 3 atom stereocenters. The molecule has 2 heterocycles. The maximum atomic E-state index is 13.9. The molecule has 1 amide bonds. The molecule has 2 bridgehead atoms. The second-order valence-corrected chi connectivity index (χ2v) is 9.27. The zero-order valence-corrected chi connectivity index (χ0v) is 20.9. The maximum absolute atomic E-state index is 13.9. The summed E-state index contributed by atoms with van der Waals surface area (Å²) in [6.45, 7) is 1.86. The van der Waals surface area contributed by atoms with Crippen LogP contribution < -0.4 is 29.7 Å². The van der Waals surface area contributed by atoms with E-state index in [4.69, 9.17) is 38.0 Å². The van der Waals surface area contributed by atoms with Crippen LogP contribution in [-0.4, -0.2) is 31.0 Å². The van der Waals surface area contributed by atoms with Crippen molar-refractivity contribution in [3.8, 4) is 17.2 Å². The Hall–Kier alpha value is -3.49. The van der Waals surface area contributed by atoms with Gasteiger partial charge in [-0.05, 0) is 61.6 Å². The Kier molecular flexibility index (Phi) is 5.94. The van der Waals surface area contributed by atoms with Gasteiger partial charge in [0.25, 0.3) is 0 Å². The molecule has 2 aliphatic rings. The number of carbonyl (C=O) groups is 1. The van der Waals surface area contributed by atoms with Crippen LogP contribution in [0.3, 0.4) is 0 Å². The van der Waals surface area contributed by atoms with Gasteiger partial charge in [0.05, 0.1) is 25.9 Å². The highest BCUT2D eigenvalue weighted by molar-refractivity contribution is 7.80. The number of nitrogens with zero attached hydrogens (tertiary/aromatic N) is 1. The number of methoxy groups -OCH3 is 2. The first kappa shape index (κ1) is 23.3. The molecule has 7 nitrogen and oxygen atoms in total. The third kappa shape index (κ3) is 3.83. The van der Waals surface area contributed by atoms with Gasteiger partial charge in [-0.1, -0.05) is 35.9 Å². The lowest BCUT2D eigenvalue weighted by Gasteiger charge is -2.56. The first-order valence-electron chi connectivity index (χ1n) is 11.0. The Bertz CT molecular complexity index is 1300. The first-order chi connectivity index (χ1) is 16.9. The monoisotopic (exact) mass is 509 g/mol. The van der Waals surface area contributed by atoms with Crippen LogP contribution in [0, 0.1) is 5.92 Å². The number of thiocarbonyl (C=S) groups is 1. The molecule has 0 aromatic heterocycles. The van der Waals surface area contributed by atoms with Crippen molar-refractivity contribution in [2.75, 3.05) is 24.4 Å². The lowest BCUT2D eigenvalue weighted by Crippen LogP contribution is -2.72. The molecule has 0 unspecified atom stereocenters. The standard InChI is InChI=1S/C26H24ClN3O4S/c1-26-21(24(31)28-16-13-11-15(27)12-14-16)22(17-7-6-10-20(33-3)23(17)34-26)29-25(35)30(26)18-8-4-5-9-19(18)32-2/h4-14,21-22H,1-3H3,(H,28,31)(H,29,35)/t21-,22-,26+/m0/s1. The number of benzene rings is 3. The largest absolute Gasteiger partial charge is 0.495 e. The minimum absolute atomic E-state index is 0.233. The zero-order chi connectivity index (χ0) is 24.7. The molecule has 180 valence electrons. The smallest absolute Gasteiger partial charge is 0.236 e. The lowest BCUT2D eigenvalue weighted by atomic mass is 9.78. The van der Waals surface area contributed by atoms with Gasteiger partial charge in [-0.2, -0.15) is 0 Å². The summed E-state index contributed by atoms with van der Waals surface area (Å²) < 4.78 is 17.9. The number of rotatable bonds is 5. The number of fused-ring (bicyclic) bond motifs is 4. The molecule has 0 saturated carbocycles. The number of para-hydroxylation sites is 3. The van der Waals surface area contributed by atoms with E-state index in [9.17, 15) is 4.79 Å². The lowest BCUT2D eigenvalue weighted by molar-refractivity contribution is -0.130. The van der Waals surface area contributed by atoms with E-state index in [2.05, 4.69) is 10.6 Å². The summed E-state index contributed by atoms with van der Waals surface area (Å²) in [6.07, 6.45) is 0. The predicted octanol–water partition coefficient (Wildman–Crippen LogP) is 5.16. The molecule has 35 heavy (non-hydrogen) atoms. The van der Waals surface area contributed by atoms with Crippen molar-refractivity contribution in [1.82, 2.24) is 5.32 Å². The van der Waals surface area contributed by atoms with Gasteiger partial charge in [0.15, 0.2) is 22.3 Å². The molecule has 0 radical (unpaired) electrons. The third-order valence-electron chi connectivity index (χ3n) is 6.43. The van der Waals surface area contributed by atoms with E-state index >= 15 is 0 Å². The predicted molar refractivity (Wildman–Crippen MR) is 140 cm³/mol. The van der Waals surface area contributed by atoms with Crippen LogP contribution in [0.2, 0.25) is 5.02 Å². The summed E-state index contributed by atoms with van der Waals surface area (Å²) in [6, 6.07) is 19.6. The van der Waals surface area contributed by atoms with Crippen molar-refractivity contribution in [3.05, 3.63) is 77.3 Å². The van der Waals surface area contributed by atoms with Gasteiger partial charge in [0.2, 0.25) is 5.91 Å². The third-order valence-corrected chi connectivity index (χ3v) is 6.98. The summed E-state index contributed by atoms with van der Waals surface area (Å²) in [5.74, 6) is 0.804. The number of hydrogen-bond acceptors (Lipinski definition) is 5. The van der Waals surface area contributed by atoms with Gasteiger partial charge in [0.1, 0.15) is 11.7 Å². The van der Waals surface area contributed by atoms with Gasteiger partial charge >= 0.3 is 0 Å². The fraction of sp³-hybridized carbons (Fsp3) is 0.231. The molecule has 2 N–H and O–H groups in total. The number of halogens is 1. The van der Waals surface area contributed by atoms with E-state index in [1.807, 2.05) is 49.4 Å². The van der Waals surface area contributed by atoms with Crippen LogP contribution in [0.25, 0.3) is 0 Å². The van der Waals surface area contributed by atoms with E-state index in [1.54, 1.807) is 43.4 Å². The highest BCUT2D eigenvalue weighted by Crippen LogP contribution is 2.53. The van der Waals surface area contributed by atoms with Crippen LogP contribution in [0.15, 0.2) is 66.7 Å². The van der Waals surface area contributed by atoms with Gasteiger partial charge in [-0.3, -0.25) is 9.69 Å². The van der Waals surface area contributed by atoms with E-state index in [0.717, 1.165) is 5.56 Å². The molecule has 0 spiro atoms. The van der Waals surface area contributed by atoms with Gasteiger partial charge < -0.3 is 24.8 Å². The zero-order valence-electron chi connectivity index (χ0n) is 19.4. The van der Waals surface area contributed by atoms with E-state index in [1.165, 1.54) is 0 Å². The molecular weight excluding hydrogens is 486 g/mol. The van der Waals surface area contributed by atoms with Gasteiger partial charge in [-0.25, -0.2) is 0 Å². The molecule has 1 saturated heterocycles. The number of ether oxygens (including phenoxy) is 3. The van der Waals surface area contributed by atoms with Crippen LogP contribution in [0.4, 0.5) is 11.4 Å². The van der Waals surface area contributed by atoms with Crippen molar-refractivity contribution in [3.63, 3.8) is 0 Å².